The number of ether oxygens (including phenoxy) is 1. The Hall–Kier alpha value is -2.30. The van der Waals surface area contributed by atoms with Crippen molar-refractivity contribution >= 4 is 17.6 Å². The third-order valence-electron chi connectivity index (χ3n) is 3.10. The van der Waals surface area contributed by atoms with Crippen molar-refractivity contribution in [2.75, 3.05) is 5.32 Å². The van der Waals surface area contributed by atoms with Gasteiger partial charge in [0, 0.05) is 17.8 Å². The topological polar surface area (TPSA) is 75.6 Å². The summed E-state index contributed by atoms with van der Waals surface area (Å²) < 4.78 is 5.81. The Labute approximate surface area is 117 Å². The van der Waals surface area contributed by atoms with Gasteiger partial charge in [0.25, 0.3) is 0 Å². The molecule has 1 aromatic rings. The highest BCUT2D eigenvalue weighted by atomic mass is 16.5. The summed E-state index contributed by atoms with van der Waals surface area (Å²) in [5, 5.41) is 11.0. The van der Waals surface area contributed by atoms with Crippen LogP contribution < -0.4 is 10.1 Å². The molecule has 0 unspecified atom stereocenters. The first-order valence-electron chi connectivity index (χ1n) is 6.62. The Morgan fingerprint density at radius 1 is 1.15 bits per heavy atom. The van der Waals surface area contributed by atoms with E-state index >= 15 is 0 Å². The molecule has 0 aliphatic heterocycles. The number of benzene rings is 1. The first kappa shape index (κ1) is 14.1. The van der Waals surface area contributed by atoms with Crippen LogP contribution in [0.15, 0.2) is 36.4 Å². The minimum Gasteiger partial charge on any atom is -0.490 e. The van der Waals surface area contributed by atoms with Crippen molar-refractivity contribution in [3.8, 4) is 5.75 Å². The van der Waals surface area contributed by atoms with Gasteiger partial charge in [-0.2, -0.15) is 0 Å². The van der Waals surface area contributed by atoms with Crippen LogP contribution in [0.3, 0.4) is 0 Å². The summed E-state index contributed by atoms with van der Waals surface area (Å²) in [5.74, 6) is -0.840. The largest absolute Gasteiger partial charge is 0.490 e. The number of nitrogens with one attached hydrogen (secondary N) is 1. The Balaban J connectivity index is 1.87. The van der Waals surface area contributed by atoms with E-state index in [9.17, 15) is 9.59 Å². The lowest BCUT2D eigenvalue weighted by atomic mass is 10.2. The maximum absolute atomic E-state index is 11.4. The second-order valence-corrected chi connectivity index (χ2v) is 4.71. The van der Waals surface area contributed by atoms with Gasteiger partial charge < -0.3 is 15.2 Å². The van der Waals surface area contributed by atoms with Crippen LogP contribution in [0.4, 0.5) is 5.69 Å². The van der Waals surface area contributed by atoms with Gasteiger partial charge >= 0.3 is 5.97 Å². The van der Waals surface area contributed by atoms with Crippen LogP contribution in [0.2, 0.25) is 0 Å². The van der Waals surface area contributed by atoms with E-state index in [1.165, 1.54) is 12.8 Å². The van der Waals surface area contributed by atoms with Crippen molar-refractivity contribution in [2.45, 2.75) is 31.8 Å². The molecule has 1 fully saturated rings. The second kappa shape index (κ2) is 6.75. The Bertz CT molecular complexity index is 501. The van der Waals surface area contributed by atoms with Gasteiger partial charge in [0.2, 0.25) is 5.91 Å². The maximum Gasteiger partial charge on any atom is 0.328 e. The molecule has 0 bridgehead atoms. The van der Waals surface area contributed by atoms with Crippen molar-refractivity contribution < 1.29 is 19.4 Å². The molecule has 0 spiro atoms. The fourth-order valence-corrected chi connectivity index (χ4v) is 2.15. The molecule has 5 heteroatoms. The average molecular weight is 275 g/mol. The molecular weight excluding hydrogens is 258 g/mol. The number of rotatable bonds is 5. The van der Waals surface area contributed by atoms with Crippen LogP contribution in [0.25, 0.3) is 0 Å². The van der Waals surface area contributed by atoms with Crippen molar-refractivity contribution in [2.24, 2.45) is 0 Å². The number of carboxylic acid groups (broad SMARTS) is 1. The highest BCUT2D eigenvalue weighted by Crippen LogP contribution is 2.24. The highest BCUT2D eigenvalue weighted by Gasteiger charge is 2.16. The van der Waals surface area contributed by atoms with Gasteiger partial charge in [-0.1, -0.05) is 0 Å². The molecule has 0 saturated heterocycles. The first-order chi connectivity index (χ1) is 9.63. The van der Waals surface area contributed by atoms with E-state index in [2.05, 4.69) is 5.32 Å². The maximum atomic E-state index is 11.4. The number of anilines is 1. The summed E-state index contributed by atoms with van der Waals surface area (Å²) in [4.78, 5) is 21.7. The zero-order valence-electron chi connectivity index (χ0n) is 11.0. The Morgan fingerprint density at radius 2 is 1.80 bits per heavy atom. The first-order valence-corrected chi connectivity index (χ1v) is 6.62. The van der Waals surface area contributed by atoms with Gasteiger partial charge in [-0.05, 0) is 49.9 Å². The number of hydrogen-bond acceptors (Lipinski definition) is 3. The molecule has 1 saturated carbocycles. The summed E-state index contributed by atoms with van der Waals surface area (Å²) in [7, 11) is 0. The molecule has 5 nitrogen and oxygen atoms in total. The number of carbonyl (C=O) groups excluding carboxylic acids is 1. The molecule has 2 N–H and O–H groups in total. The standard InChI is InChI=1S/C15H17NO4/c17-14(9-10-15(18)19)16-11-5-7-13(8-6-11)20-12-3-1-2-4-12/h5-10,12H,1-4H2,(H,16,17)(H,18,19)/b10-9+. The predicted molar refractivity (Wildman–Crippen MR) is 74.7 cm³/mol. The van der Waals surface area contributed by atoms with Gasteiger partial charge in [-0.25, -0.2) is 4.79 Å². The monoisotopic (exact) mass is 275 g/mol. The number of carbonyl (C=O) groups is 2. The zero-order valence-corrected chi connectivity index (χ0v) is 11.0. The number of hydrogen-bond donors (Lipinski definition) is 2. The van der Waals surface area contributed by atoms with Gasteiger partial charge in [0.15, 0.2) is 0 Å². The molecule has 1 aliphatic rings. The van der Waals surface area contributed by atoms with E-state index < -0.39 is 11.9 Å². The predicted octanol–water partition coefficient (Wildman–Crippen LogP) is 2.59. The molecule has 1 aliphatic carbocycles. The van der Waals surface area contributed by atoms with Crippen molar-refractivity contribution in [3.05, 3.63) is 36.4 Å². The van der Waals surface area contributed by atoms with E-state index in [0.29, 0.717) is 11.8 Å². The van der Waals surface area contributed by atoms with Crippen LogP contribution in [-0.2, 0) is 9.59 Å². The van der Waals surface area contributed by atoms with Gasteiger partial charge in [-0.15, -0.1) is 0 Å². The summed E-state index contributed by atoms with van der Waals surface area (Å²) in [5.41, 5.74) is 0.601. The van der Waals surface area contributed by atoms with Crippen LogP contribution in [-0.4, -0.2) is 23.1 Å². The van der Waals surface area contributed by atoms with Crippen LogP contribution in [0.5, 0.6) is 5.75 Å². The minimum atomic E-state index is -1.15. The molecule has 1 aromatic carbocycles. The average Bonchev–Trinajstić information content (AvgIpc) is 2.92. The fourth-order valence-electron chi connectivity index (χ4n) is 2.15. The molecule has 0 atom stereocenters. The molecule has 1 amide bonds. The lowest BCUT2D eigenvalue weighted by molar-refractivity contribution is -0.131. The molecule has 106 valence electrons. The van der Waals surface area contributed by atoms with Crippen LogP contribution in [0.1, 0.15) is 25.7 Å². The fraction of sp³-hybridized carbons (Fsp3) is 0.333. The van der Waals surface area contributed by atoms with E-state index in [0.717, 1.165) is 30.7 Å². The second-order valence-electron chi connectivity index (χ2n) is 4.71. The van der Waals surface area contributed by atoms with E-state index in [4.69, 9.17) is 9.84 Å². The van der Waals surface area contributed by atoms with Crippen molar-refractivity contribution in [3.63, 3.8) is 0 Å². The quantitative estimate of drug-likeness (QED) is 0.810. The SMILES string of the molecule is O=C(O)/C=C/C(=O)Nc1ccc(OC2CCCC2)cc1. The number of aliphatic carboxylic acids is 1. The molecule has 0 radical (unpaired) electrons. The Morgan fingerprint density at radius 3 is 2.40 bits per heavy atom. The summed E-state index contributed by atoms with van der Waals surface area (Å²) in [6.45, 7) is 0. The third kappa shape index (κ3) is 4.42. The molecular formula is C15H17NO4. The highest BCUT2D eigenvalue weighted by molar-refractivity contribution is 6.02. The molecule has 2 rings (SSSR count). The lowest BCUT2D eigenvalue weighted by Gasteiger charge is -2.13. The summed E-state index contributed by atoms with van der Waals surface area (Å²) in [6.07, 6.45) is 6.70. The number of amides is 1. The lowest BCUT2D eigenvalue weighted by Crippen LogP contribution is -2.11. The molecule has 20 heavy (non-hydrogen) atoms. The van der Waals surface area contributed by atoms with Gasteiger partial charge in [0.1, 0.15) is 5.75 Å². The minimum absolute atomic E-state index is 0.300. The Kier molecular flexibility index (Phi) is 4.76. The smallest absolute Gasteiger partial charge is 0.328 e. The van der Waals surface area contributed by atoms with Crippen LogP contribution in [0, 0.1) is 0 Å². The molecule has 0 aromatic heterocycles. The van der Waals surface area contributed by atoms with E-state index in [1.807, 2.05) is 0 Å². The normalized spacial score (nSPS) is 15.4. The van der Waals surface area contributed by atoms with Crippen molar-refractivity contribution in [1.29, 1.82) is 0 Å². The van der Waals surface area contributed by atoms with Gasteiger partial charge in [0.05, 0.1) is 6.10 Å². The van der Waals surface area contributed by atoms with Crippen LogP contribution >= 0.6 is 0 Å². The third-order valence-corrected chi connectivity index (χ3v) is 3.10. The van der Waals surface area contributed by atoms with E-state index in [1.54, 1.807) is 24.3 Å². The molecule has 0 heterocycles. The summed E-state index contributed by atoms with van der Waals surface area (Å²) in [6, 6.07) is 7.07. The summed E-state index contributed by atoms with van der Waals surface area (Å²) >= 11 is 0. The van der Waals surface area contributed by atoms with Crippen molar-refractivity contribution in [1.82, 2.24) is 0 Å². The zero-order chi connectivity index (χ0) is 14.4. The van der Waals surface area contributed by atoms with E-state index in [-0.39, 0.29) is 0 Å². The van der Waals surface area contributed by atoms with Gasteiger partial charge in [-0.3, -0.25) is 4.79 Å². The number of carboxylic acids is 1.